The Morgan fingerprint density at radius 2 is 0.413 bits per heavy atom. The molecule has 0 atom stereocenters. The summed E-state index contributed by atoms with van der Waals surface area (Å²) in [5.74, 6) is -45.5. The van der Waals surface area contributed by atoms with Crippen LogP contribution in [-0.4, -0.2) is 6.15 Å². The van der Waals surface area contributed by atoms with Crippen molar-refractivity contribution in [3.63, 3.8) is 0 Å². The molecule has 0 aliphatic heterocycles. The van der Waals surface area contributed by atoms with E-state index in [0.29, 0.717) is 12.1 Å². The second kappa shape index (κ2) is 12.8. The van der Waals surface area contributed by atoms with Crippen molar-refractivity contribution in [1.82, 2.24) is 0 Å². The monoisotopic (exact) mass is 667 g/mol. The van der Waals surface area contributed by atoms with Crippen LogP contribution in [0.4, 0.5) is 65.9 Å². The molecule has 0 aromatic heterocycles. The molecule has 5 rings (SSSR count). The molecule has 0 radical (unpaired) electrons. The molecule has 0 fully saturated rings. The average molecular weight is 667 g/mol. The summed E-state index contributed by atoms with van der Waals surface area (Å²) in [6.45, 7) is 0. The summed E-state index contributed by atoms with van der Waals surface area (Å²) >= 11 is 0. The van der Waals surface area contributed by atoms with Gasteiger partial charge in [-0.25, -0.2) is 65.9 Å². The lowest BCUT2D eigenvalue weighted by molar-refractivity contribution is 0.380. The van der Waals surface area contributed by atoms with E-state index in [4.69, 9.17) is 0 Å². The van der Waals surface area contributed by atoms with Gasteiger partial charge in [-0.1, -0.05) is 66.7 Å². The lowest BCUT2D eigenvalue weighted by Gasteiger charge is -2.44. The number of benzene rings is 5. The summed E-state index contributed by atoms with van der Waals surface area (Å²) in [5, 5.41) is 0. The highest BCUT2D eigenvalue weighted by atomic mass is 19.2. The maximum absolute atomic E-state index is 15.3. The maximum Gasteiger partial charge on any atom is 0.200 e. The molecule has 0 bridgehead atoms. The Kier molecular flexibility index (Phi) is 9.50. The van der Waals surface area contributed by atoms with E-state index in [1.165, 1.54) is 0 Å². The molecule has 0 aliphatic rings. The maximum atomic E-state index is 15.3. The fourth-order valence-electron chi connectivity index (χ4n) is 5.07. The molecule has 46 heavy (non-hydrogen) atoms. The predicted octanol–water partition coefficient (Wildman–Crippen LogP) is 6.84. The lowest BCUT2D eigenvalue weighted by Crippen LogP contribution is -2.79. The molecule has 0 spiro atoms. The van der Waals surface area contributed by atoms with Gasteiger partial charge < -0.3 is 0 Å². The number of hydrogen-bond acceptors (Lipinski definition) is 0. The Hall–Kier alpha value is -4.89. The highest BCUT2D eigenvalue weighted by Gasteiger charge is 2.48. The molecule has 0 nitrogen and oxygen atoms in total. The minimum Gasteiger partial charge on any atom is -0.207 e. The summed E-state index contributed by atoms with van der Waals surface area (Å²) in [4.78, 5) is 0. The fourth-order valence-corrected chi connectivity index (χ4v) is 5.07. The van der Waals surface area contributed by atoms with E-state index in [1.54, 1.807) is 0 Å². The minimum absolute atomic E-state index is 0.397. The van der Waals surface area contributed by atoms with Crippen LogP contribution in [0.1, 0.15) is 0 Å². The normalized spacial score (nSPS) is 11.4. The molecule has 0 amide bonds. The van der Waals surface area contributed by atoms with Gasteiger partial charge in [-0.05, 0) is 0 Å². The lowest BCUT2D eigenvalue weighted by atomic mass is 9.12. The van der Waals surface area contributed by atoms with Crippen LogP contribution in [0, 0.1) is 87.3 Å². The molecular formula is C30H11BF15-. The Labute approximate surface area is 248 Å². The molecule has 0 saturated carbocycles. The molecule has 0 heterocycles. The summed E-state index contributed by atoms with van der Waals surface area (Å²) in [5.41, 5.74) is -9.41. The van der Waals surface area contributed by atoms with Crippen molar-refractivity contribution in [3.8, 4) is 0 Å². The van der Waals surface area contributed by atoms with Gasteiger partial charge in [0, 0.05) is 0 Å². The first-order valence-electron chi connectivity index (χ1n) is 12.4. The minimum atomic E-state index is -5.72. The third-order valence-electron chi connectivity index (χ3n) is 7.00. The molecular weight excluding hydrogens is 656 g/mol. The first-order valence-corrected chi connectivity index (χ1v) is 12.4. The average Bonchev–Trinajstić information content (AvgIpc) is 3.07. The molecule has 5 aromatic carbocycles. The van der Waals surface area contributed by atoms with Crippen LogP contribution < -0.4 is 21.9 Å². The highest BCUT2D eigenvalue weighted by Crippen LogP contribution is 2.28. The van der Waals surface area contributed by atoms with Gasteiger partial charge in [0.2, 0.25) is 0 Å². The third kappa shape index (κ3) is 5.14. The van der Waals surface area contributed by atoms with Crippen LogP contribution in [0.5, 0.6) is 0 Å². The van der Waals surface area contributed by atoms with Gasteiger partial charge in [0.1, 0.15) is 41.0 Å². The largest absolute Gasteiger partial charge is 0.207 e. The number of halogens is 15. The topological polar surface area (TPSA) is 0 Å². The zero-order valence-corrected chi connectivity index (χ0v) is 22.1. The van der Waals surface area contributed by atoms with E-state index in [-0.39, 0.29) is 0 Å². The van der Waals surface area contributed by atoms with E-state index in [2.05, 4.69) is 0 Å². The standard InChI is InChI=1S/C24H5BF15.C6H6/c26-10-7(11(27)17(33)22(38)16(10)32)25(6-4-2-1-3-5-6,8-12(28)18(34)23(39)19(35)13(8)29)9-14(30)20(36)24(40)21(37)15(9)31;1-2-4-6-5-3-1/h1-5H;1-6H/q-1;. The Balaban J connectivity index is 0.000000717. The summed E-state index contributed by atoms with van der Waals surface area (Å²) in [6.07, 6.45) is -5.72. The van der Waals surface area contributed by atoms with Crippen molar-refractivity contribution in [2.24, 2.45) is 0 Å². The molecule has 16 heteroatoms. The van der Waals surface area contributed by atoms with Crippen LogP contribution in [0.15, 0.2) is 66.7 Å². The van der Waals surface area contributed by atoms with Crippen LogP contribution in [0.3, 0.4) is 0 Å². The van der Waals surface area contributed by atoms with Gasteiger partial charge in [0.25, 0.3) is 0 Å². The van der Waals surface area contributed by atoms with Crippen molar-refractivity contribution in [2.75, 3.05) is 0 Å². The Morgan fingerprint density at radius 3 is 0.630 bits per heavy atom. The molecule has 0 saturated heterocycles. The van der Waals surface area contributed by atoms with Crippen LogP contribution >= 0.6 is 0 Å². The van der Waals surface area contributed by atoms with Crippen molar-refractivity contribution in [2.45, 2.75) is 0 Å². The van der Waals surface area contributed by atoms with Crippen LogP contribution in [-0.2, 0) is 0 Å². The van der Waals surface area contributed by atoms with Crippen LogP contribution in [0.25, 0.3) is 0 Å². The molecule has 0 aliphatic carbocycles. The van der Waals surface area contributed by atoms with Crippen molar-refractivity contribution in [1.29, 1.82) is 0 Å². The second-order valence-electron chi connectivity index (χ2n) is 9.38. The smallest absolute Gasteiger partial charge is 0.200 e. The SMILES string of the molecule is Fc1c(F)c(F)c([B-](c2ccccc2)(c2c(F)c(F)c(F)c(F)c2F)c2c(F)c(F)c(F)c(F)c2F)c(F)c1F.c1ccccc1. The first-order chi connectivity index (χ1) is 21.6. The van der Waals surface area contributed by atoms with Crippen molar-refractivity contribution in [3.05, 3.63) is 154 Å². The van der Waals surface area contributed by atoms with Gasteiger partial charge in [-0.3, -0.25) is 0 Å². The van der Waals surface area contributed by atoms with E-state index < -0.39 is 115 Å². The van der Waals surface area contributed by atoms with Gasteiger partial charge in [-0.2, -0.15) is 5.46 Å². The molecule has 0 unspecified atom stereocenters. The quantitative estimate of drug-likeness (QED) is 0.0854. The summed E-state index contributed by atoms with van der Waals surface area (Å²) in [7, 11) is 0. The predicted molar refractivity (Wildman–Crippen MR) is 136 cm³/mol. The zero-order valence-electron chi connectivity index (χ0n) is 22.1. The van der Waals surface area contributed by atoms with Gasteiger partial charge in [0.15, 0.2) is 52.4 Å². The zero-order chi connectivity index (χ0) is 34.2. The van der Waals surface area contributed by atoms with E-state index in [1.807, 2.05) is 36.4 Å². The van der Waals surface area contributed by atoms with Crippen molar-refractivity contribution >= 4 is 28.0 Å². The van der Waals surface area contributed by atoms with Gasteiger partial charge >= 0.3 is 0 Å². The molecule has 5 aromatic rings. The highest BCUT2D eigenvalue weighted by molar-refractivity contribution is 7.20. The number of rotatable bonds is 4. The fraction of sp³-hybridized carbons (Fsp3) is 0. The number of hydrogen-bond donors (Lipinski definition) is 0. The third-order valence-corrected chi connectivity index (χ3v) is 7.00. The Bertz CT molecular complexity index is 1670. The summed E-state index contributed by atoms with van der Waals surface area (Å²) in [6, 6.07) is 15.2. The van der Waals surface area contributed by atoms with Crippen LogP contribution in [0.2, 0.25) is 0 Å². The van der Waals surface area contributed by atoms with E-state index in [9.17, 15) is 39.5 Å². The van der Waals surface area contributed by atoms with Crippen molar-refractivity contribution < 1.29 is 65.9 Å². The van der Waals surface area contributed by atoms with Gasteiger partial charge in [0.05, 0.1) is 0 Å². The Morgan fingerprint density at radius 1 is 0.239 bits per heavy atom. The first kappa shape index (κ1) is 34.0. The van der Waals surface area contributed by atoms with E-state index in [0.717, 1.165) is 18.2 Å². The molecule has 0 N–H and O–H groups in total. The van der Waals surface area contributed by atoms with E-state index >= 15 is 26.3 Å². The summed E-state index contributed by atoms with van der Waals surface area (Å²) < 4.78 is 220. The molecule has 240 valence electrons. The van der Waals surface area contributed by atoms with Gasteiger partial charge in [-0.15, -0.1) is 16.4 Å². The second-order valence-corrected chi connectivity index (χ2v) is 9.38.